The van der Waals surface area contributed by atoms with E-state index in [9.17, 15) is 0 Å². The molecule has 0 amide bonds. The van der Waals surface area contributed by atoms with E-state index in [1.165, 1.54) is 11.3 Å². The Kier molecular flexibility index (Phi) is 4.91. The molecule has 10 heavy (non-hydrogen) atoms. The molecule has 0 aliphatic rings. The maximum absolute atomic E-state index is 4.31. The van der Waals surface area contributed by atoms with E-state index < -0.39 is 0 Å². The molecule has 1 nitrogen and oxygen atoms in total. The molecule has 0 aromatic carbocycles. The molecule has 0 saturated heterocycles. The van der Waals surface area contributed by atoms with Crippen LogP contribution in [-0.2, 0) is 0 Å². The Morgan fingerprint density at radius 1 is 1.40 bits per heavy atom. The van der Waals surface area contributed by atoms with Gasteiger partial charge in [-0.1, -0.05) is 13.0 Å². The van der Waals surface area contributed by atoms with Gasteiger partial charge >= 0.3 is 0 Å². The zero-order valence-corrected chi connectivity index (χ0v) is 7.44. The highest BCUT2D eigenvalue weighted by Crippen LogP contribution is 2.02. The van der Waals surface area contributed by atoms with Crippen LogP contribution >= 0.6 is 0 Å². The summed E-state index contributed by atoms with van der Waals surface area (Å²) < 4.78 is 0. The van der Waals surface area contributed by atoms with Gasteiger partial charge in [0.2, 0.25) is 0 Å². The Morgan fingerprint density at radius 3 is 2.30 bits per heavy atom. The zero-order chi connectivity index (χ0) is 7.98. The van der Waals surface area contributed by atoms with Gasteiger partial charge in [-0.25, -0.2) is 0 Å². The summed E-state index contributed by atoms with van der Waals surface area (Å²) in [5.41, 5.74) is 2.55. The second kappa shape index (κ2) is 5.21. The average Bonchev–Trinajstić information content (AvgIpc) is 1.91. The number of hydrogen-bond donors (Lipinski definition) is 0. The molecule has 0 spiro atoms. The molecule has 0 aromatic heterocycles. The van der Waals surface area contributed by atoms with Gasteiger partial charge in [0.25, 0.3) is 0 Å². The van der Waals surface area contributed by atoms with Gasteiger partial charge in [-0.15, -0.1) is 0 Å². The molecule has 0 saturated carbocycles. The van der Waals surface area contributed by atoms with Gasteiger partial charge in [0.05, 0.1) is 0 Å². The second-order valence-corrected chi connectivity index (χ2v) is 2.23. The summed E-state index contributed by atoms with van der Waals surface area (Å²) in [4.78, 5) is 4.31. The third-order valence-corrected chi connectivity index (χ3v) is 1.59. The van der Waals surface area contributed by atoms with Crippen LogP contribution in [0, 0.1) is 0 Å². The van der Waals surface area contributed by atoms with E-state index in [1.807, 2.05) is 0 Å². The van der Waals surface area contributed by atoms with Crippen LogP contribution in [0.2, 0.25) is 0 Å². The lowest BCUT2D eigenvalue weighted by Gasteiger charge is -2.01. The molecule has 0 heterocycles. The van der Waals surface area contributed by atoms with Crippen molar-refractivity contribution in [1.29, 1.82) is 0 Å². The molecule has 0 unspecified atom stereocenters. The number of nitrogens with zero attached hydrogens (tertiary/aromatic N) is 1. The van der Waals surface area contributed by atoms with Crippen molar-refractivity contribution in [3.05, 3.63) is 11.6 Å². The van der Waals surface area contributed by atoms with Crippen molar-refractivity contribution in [3.63, 3.8) is 0 Å². The van der Waals surface area contributed by atoms with Crippen molar-refractivity contribution in [2.45, 2.75) is 34.1 Å². The van der Waals surface area contributed by atoms with Crippen LogP contribution in [0.25, 0.3) is 0 Å². The van der Waals surface area contributed by atoms with Crippen molar-refractivity contribution >= 4 is 5.71 Å². The molecule has 0 radical (unpaired) electrons. The van der Waals surface area contributed by atoms with Crippen molar-refractivity contribution < 1.29 is 0 Å². The van der Waals surface area contributed by atoms with Crippen LogP contribution in [0.5, 0.6) is 0 Å². The van der Waals surface area contributed by atoms with Gasteiger partial charge in [0.1, 0.15) is 0 Å². The predicted octanol–water partition coefficient (Wildman–Crippen LogP) is 2.82. The van der Waals surface area contributed by atoms with Crippen LogP contribution in [0.3, 0.4) is 0 Å². The molecule has 0 aliphatic carbocycles. The van der Waals surface area contributed by atoms with Crippen LogP contribution in [-0.4, -0.2) is 12.3 Å². The van der Waals surface area contributed by atoms with Gasteiger partial charge in [0.15, 0.2) is 0 Å². The minimum absolute atomic E-state index is 0.892. The maximum Gasteiger partial charge on any atom is 0.0364 e. The minimum Gasteiger partial charge on any atom is -0.290 e. The predicted molar refractivity (Wildman–Crippen MR) is 47.7 cm³/mol. The third-order valence-electron chi connectivity index (χ3n) is 1.59. The Balaban J connectivity index is 4.16. The van der Waals surface area contributed by atoms with Crippen molar-refractivity contribution in [1.82, 2.24) is 0 Å². The van der Waals surface area contributed by atoms with E-state index in [1.54, 1.807) is 0 Å². The Bertz CT molecular complexity index is 143. The highest BCUT2D eigenvalue weighted by atomic mass is 14.7. The molecule has 0 N–H and O–H groups in total. The molecule has 0 fully saturated rings. The average molecular weight is 139 g/mol. The summed E-state index contributed by atoms with van der Waals surface area (Å²) in [6.07, 6.45) is 3.22. The molecule has 0 aromatic rings. The monoisotopic (exact) mass is 139 g/mol. The van der Waals surface area contributed by atoms with Crippen LogP contribution < -0.4 is 0 Å². The SMILES string of the molecule is C/C=C(/CC)C(C)=NCC. The summed E-state index contributed by atoms with van der Waals surface area (Å²) in [5.74, 6) is 0. The highest BCUT2D eigenvalue weighted by Gasteiger charge is 1.94. The Labute approximate surface area is 63.9 Å². The summed E-state index contributed by atoms with van der Waals surface area (Å²) >= 11 is 0. The topological polar surface area (TPSA) is 12.4 Å². The van der Waals surface area contributed by atoms with Gasteiger partial charge < -0.3 is 0 Å². The fourth-order valence-corrected chi connectivity index (χ4v) is 1.01. The molecular formula is C9H17N. The summed E-state index contributed by atoms with van der Waals surface area (Å²) in [7, 11) is 0. The van der Waals surface area contributed by atoms with Crippen molar-refractivity contribution in [2.75, 3.05) is 6.54 Å². The van der Waals surface area contributed by atoms with Gasteiger partial charge in [-0.05, 0) is 32.8 Å². The Hall–Kier alpha value is -0.590. The van der Waals surface area contributed by atoms with E-state index in [-0.39, 0.29) is 0 Å². The first kappa shape index (κ1) is 9.41. The number of allylic oxidation sites excluding steroid dienone is 2. The highest BCUT2D eigenvalue weighted by molar-refractivity contribution is 5.97. The standard InChI is InChI=1S/C9H17N/c1-5-9(6-2)8(4)10-7-3/h5H,6-7H2,1-4H3/b9-5-,10-8?. The van der Waals surface area contributed by atoms with E-state index in [2.05, 4.69) is 38.8 Å². The fourth-order valence-electron chi connectivity index (χ4n) is 1.01. The molecular weight excluding hydrogens is 122 g/mol. The van der Waals surface area contributed by atoms with Gasteiger partial charge in [0, 0.05) is 12.3 Å². The largest absolute Gasteiger partial charge is 0.290 e. The quantitative estimate of drug-likeness (QED) is 0.533. The van der Waals surface area contributed by atoms with Crippen molar-refractivity contribution in [2.24, 2.45) is 4.99 Å². The third kappa shape index (κ3) is 2.81. The first-order valence-corrected chi connectivity index (χ1v) is 3.92. The van der Waals surface area contributed by atoms with E-state index in [0.29, 0.717) is 0 Å². The van der Waals surface area contributed by atoms with Gasteiger partial charge in [-0.2, -0.15) is 0 Å². The molecule has 58 valence electrons. The number of hydrogen-bond acceptors (Lipinski definition) is 1. The van der Waals surface area contributed by atoms with Crippen LogP contribution in [0.1, 0.15) is 34.1 Å². The normalized spacial score (nSPS) is 14.0. The Morgan fingerprint density at radius 2 is 2.00 bits per heavy atom. The molecule has 0 bridgehead atoms. The van der Waals surface area contributed by atoms with Crippen LogP contribution in [0.4, 0.5) is 0 Å². The molecule has 0 aliphatic heterocycles. The molecule has 0 rings (SSSR count). The lowest BCUT2D eigenvalue weighted by Crippen LogP contribution is -1.96. The molecule has 0 atom stereocenters. The summed E-state index contributed by atoms with van der Waals surface area (Å²) in [6, 6.07) is 0. The first-order chi connectivity index (χ1) is 4.76. The number of aliphatic imine (C=N–C) groups is 1. The van der Waals surface area contributed by atoms with Gasteiger partial charge in [-0.3, -0.25) is 4.99 Å². The lowest BCUT2D eigenvalue weighted by molar-refractivity contribution is 1.09. The number of rotatable bonds is 3. The summed E-state index contributed by atoms with van der Waals surface area (Å²) in [6.45, 7) is 9.25. The van der Waals surface area contributed by atoms with E-state index in [4.69, 9.17) is 0 Å². The minimum atomic E-state index is 0.892. The second-order valence-electron chi connectivity index (χ2n) is 2.23. The van der Waals surface area contributed by atoms with Crippen LogP contribution in [0.15, 0.2) is 16.6 Å². The van der Waals surface area contributed by atoms with E-state index >= 15 is 0 Å². The van der Waals surface area contributed by atoms with Crippen molar-refractivity contribution in [3.8, 4) is 0 Å². The fraction of sp³-hybridized carbons (Fsp3) is 0.667. The molecule has 1 heteroatoms. The lowest BCUT2D eigenvalue weighted by atomic mass is 10.1. The smallest absolute Gasteiger partial charge is 0.0364 e. The summed E-state index contributed by atoms with van der Waals surface area (Å²) in [5, 5.41) is 0. The maximum atomic E-state index is 4.31. The van der Waals surface area contributed by atoms with E-state index in [0.717, 1.165) is 13.0 Å². The zero-order valence-electron chi connectivity index (χ0n) is 7.44. The first-order valence-electron chi connectivity index (χ1n) is 3.92.